The largest absolute Gasteiger partial charge is 0.481 e. The highest BCUT2D eigenvalue weighted by molar-refractivity contribution is 5.70. The third kappa shape index (κ3) is 2.71. The van der Waals surface area contributed by atoms with Gasteiger partial charge in [-0.2, -0.15) is 0 Å². The third-order valence-electron chi connectivity index (χ3n) is 3.51. The molecule has 2 atom stereocenters. The number of carbonyl (C=O) groups is 1. The van der Waals surface area contributed by atoms with Gasteiger partial charge in [0.25, 0.3) is 0 Å². The Kier molecular flexibility index (Phi) is 3.93. The standard InChI is InChI=1S/C11H21NO2/c1-8-4-6-12(7-5-8)10(3)9(2)11(13)14/h8-10H,4-7H2,1-3H3,(H,13,14). The Morgan fingerprint density at radius 3 is 2.29 bits per heavy atom. The van der Waals surface area contributed by atoms with E-state index in [-0.39, 0.29) is 12.0 Å². The Labute approximate surface area is 86.1 Å². The molecule has 2 unspecified atom stereocenters. The van der Waals surface area contributed by atoms with E-state index >= 15 is 0 Å². The lowest BCUT2D eigenvalue weighted by atomic mass is 9.95. The molecule has 0 aromatic rings. The molecule has 1 rings (SSSR count). The highest BCUT2D eigenvalue weighted by Gasteiger charge is 2.27. The summed E-state index contributed by atoms with van der Waals surface area (Å²) >= 11 is 0. The second-order valence-electron chi connectivity index (χ2n) is 4.59. The van der Waals surface area contributed by atoms with E-state index in [2.05, 4.69) is 11.8 Å². The average molecular weight is 199 g/mol. The van der Waals surface area contributed by atoms with Crippen LogP contribution >= 0.6 is 0 Å². The van der Waals surface area contributed by atoms with Crippen LogP contribution in [0.4, 0.5) is 0 Å². The number of rotatable bonds is 3. The average Bonchev–Trinajstić information content (AvgIpc) is 2.16. The van der Waals surface area contributed by atoms with E-state index in [1.165, 1.54) is 12.8 Å². The molecule has 0 spiro atoms. The summed E-state index contributed by atoms with van der Waals surface area (Å²) in [6.07, 6.45) is 2.41. The Morgan fingerprint density at radius 1 is 1.36 bits per heavy atom. The second kappa shape index (κ2) is 4.78. The first-order valence-electron chi connectivity index (χ1n) is 5.49. The van der Waals surface area contributed by atoms with E-state index in [9.17, 15) is 4.79 Å². The fourth-order valence-electron chi connectivity index (χ4n) is 1.96. The summed E-state index contributed by atoms with van der Waals surface area (Å²) < 4.78 is 0. The van der Waals surface area contributed by atoms with Gasteiger partial charge in [0.1, 0.15) is 0 Å². The lowest BCUT2D eigenvalue weighted by Gasteiger charge is -2.36. The number of carboxylic acids is 1. The van der Waals surface area contributed by atoms with Crippen molar-refractivity contribution in [2.45, 2.75) is 39.7 Å². The van der Waals surface area contributed by atoms with Crippen molar-refractivity contribution in [2.75, 3.05) is 13.1 Å². The number of piperidine rings is 1. The van der Waals surface area contributed by atoms with Crippen molar-refractivity contribution < 1.29 is 9.90 Å². The summed E-state index contributed by atoms with van der Waals surface area (Å²) in [5.41, 5.74) is 0. The van der Waals surface area contributed by atoms with Gasteiger partial charge in [0, 0.05) is 6.04 Å². The molecule has 1 heterocycles. The molecular weight excluding hydrogens is 178 g/mol. The van der Waals surface area contributed by atoms with Gasteiger partial charge < -0.3 is 5.11 Å². The van der Waals surface area contributed by atoms with Gasteiger partial charge in [-0.3, -0.25) is 9.69 Å². The number of carboxylic acid groups (broad SMARTS) is 1. The predicted octanol–water partition coefficient (Wildman–Crippen LogP) is 1.83. The molecule has 82 valence electrons. The third-order valence-corrected chi connectivity index (χ3v) is 3.51. The molecule has 3 heteroatoms. The van der Waals surface area contributed by atoms with E-state index in [1.807, 2.05) is 6.92 Å². The molecular formula is C11H21NO2. The van der Waals surface area contributed by atoms with E-state index in [0.717, 1.165) is 19.0 Å². The Balaban J connectivity index is 2.45. The lowest BCUT2D eigenvalue weighted by molar-refractivity contribution is -0.143. The van der Waals surface area contributed by atoms with Crippen LogP contribution in [0.1, 0.15) is 33.6 Å². The Bertz CT molecular complexity index is 197. The first-order chi connectivity index (χ1) is 6.52. The van der Waals surface area contributed by atoms with Crippen molar-refractivity contribution in [3.05, 3.63) is 0 Å². The van der Waals surface area contributed by atoms with E-state index in [1.54, 1.807) is 6.92 Å². The molecule has 0 bridgehead atoms. The predicted molar refractivity (Wildman–Crippen MR) is 56.2 cm³/mol. The van der Waals surface area contributed by atoms with Crippen LogP contribution in [0.2, 0.25) is 0 Å². The van der Waals surface area contributed by atoms with Crippen molar-refractivity contribution in [1.29, 1.82) is 0 Å². The molecule has 14 heavy (non-hydrogen) atoms. The maximum absolute atomic E-state index is 10.8. The monoisotopic (exact) mass is 199 g/mol. The highest BCUT2D eigenvalue weighted by atomic mass is 16.4. The van der Waals surface area contributed by atoms with Gasteiger partial charge in [0.2, 0.25) is 0 Å². The van der Waals surface area contributed by atoms with Gasteiger partial charge in [-0.05, 0) is 38.8 Å². The van der Waals surface area contributed by atoms with Gasteiger partial charge >= 0.3 is 5.97 Å². The summed E-state index contributed by atoms with van der Waals surface area (Å²) in [5.74, 6) is -0.141. The molecule has 3 nitrogen and oxygen atoms in total. The summed E-state index contributed by atoms with van der Waals surface area (Å²) in [4.78, 5) is 13.1. The van der Waals surface area contributed by atoms with Gasteiger partial charge in [-0.1, -0.05) is 13.8 Å². The van der Waals surface area contributed by atoms with Gasteiger partial charge in [-0.25, -0.2) is 0 Å². The normalized spacial score (nSPS) is 24.5. The SMILES string of the molecule is CC1CCN(C(C)C(C)C(=O)O)CC1. The molecule has 0 aromatic heterocycles. The molecule has 1 N–H and O–H groups in total. The number of hydrogen-bond donors (Lipinski definition) is 1. The maximum atomic E-state index is 10.8. The minimum Gasteiger partial charge on any atom is -0.481 e. The first kappa shape index (κ1) is 11.5. The summed E-state index contributed by atoms with van der Waals surface area (Å²) in [7, 11) is 0. The lowest BCUT2D eigenvalue weighted by Crippen LogP contribution is -2.44. The number of nitrogens with zero attached hydrogens (tertiary/aromatic N) is 1. The Morgan fingerprint density at radius 2 is 1.86 bits per heavy atom. The number of likely N-dealkylation sites (tertiary alicyclic amines) is 1. The molecule has 0 saturated carbocycles. The van der Waals surface area contributed by atoms with E-state index in [0.29, 0.717) is 0 Å². The Hall–Kier alpha value is -0.570. The van der Waals surface area contributed by atoms with Gasteiger partial charge in [0.05, 0.1) is 5.92 Å². The second-order valence-corrected chi connectivity index (χ2v) is 4.59. The van der Waals surface area contributed by atoms with Crippen LogP contribution in [0.5, 0.6) is 0 Å². The number of aliphatic carboxylic acids is 1. The van der Waals surface area contributed by atoms with Crippen molar-refractivity contribution in [2.24, 2.45) is 11.8 Å². The molecule has 1 aliphatic heterocycles. The molecule has 1 saturated heterocycles. The minimum absolute atomic E-state index is 0.167. The minimum atomic E-state index is -0.684. The summed E-state index contributed by atoms with van der Waals surface area (Å²) in [6, 6.07) is 0.167. The summed E-state index contributed by atoms with van der Waals surface area (Å²) in [5, 5.41) is 8.91. The first-order valence-corrected chi connectivity index (χ1v) is 5.49. The van der Waals surface area contributed by atoms with Crippen molar-refractivity contribution >= 4 is 5.97 Å². The van der Waals surface area contributed by atoms with Crippen LogP contribution in [-0.2, 0) is 4.79 Å². The quantitative estimate of drug-likeness (QED) is 0.754. The van der Waals surface area contributed by atoms with Gasteiger partial charge in [-0.15, -0.1) is 0 Å². The van der Waals surface area contributed by atoms with E-state index in [4.69, 9.17) is 5.11 Å². The molecule has 1 aliphatic rings. The van der Waals surface area contributed by atoms with Crippen LogP contribution < -0.4 is 0 Å². The number of hydrogen-bond acceptors (Lipinski definition) is 2. The van der Waals surface area contributed by atoms with Gasteiger partial charge in [0.15, 0.2) is 0 Å². The van der Waals surface area contributed by atoms with Crippen LogP contribution in [0.25, 0.3) is 0 Å². The van der Waals surface area contributed by atoms with Crippen molar-refractivity contribution in [3.63, 3.8) is 0 Å². The van der Waals surface area contributed by atoms with Crippen LogP contribution in [0.15, 0.2) is 0 Å². The molecule has 1 fully saturated rings. The molecule has 0 aromatic carbocycles. The maximum Gasteiger partial charge on any atom is 0.307 e. The zero-order chi connectivity index (χ0) is 10.7. The fourth-order valence-corrected chi connectivity index (χ4v) is 1.96. The smallest absolute Gasteiger partial charge is 0.307 e. The molecule has 0 amide bonds. The van der Waals surface area contributed by atoms with Crippen LogP contribution in [-0.4, -0.2) is 35.1 Å². The van der Waals surface area contributed by atoms with Crippen LogP contribution in [0.3, 0.4) is 0 Å². The topological polar surface area (TPSA) is 40.5 Å². The molecule has 0 radical (unpaired) electrons. The van der Waals surface area contributed by atoms with Crippen LogP contribution in [0, 0.1) is 11.8 Å². The summed E-state index contributed by atoms with van der Waals surface area (Å²) in [6.45, 7) is 8.20. The zero-order valence-corrected chi connectivity index (χ0v) is 9.36. The highest BCUT2D eigenvalue weighted by Crippen LogP contribution is 2.21. The van der Waals surface area contributed by atoms with Crippen molar-refractivity contribution in [1.82, 2.24) is 4.90 Å². The molecule has 0 aliphatic carbocycles. The zero-order valence-electron chi connectivity index (χ0n) is 9.36. The fraction of sp³-hybridized carbons (Fsp3) is 0.909. The van der Waals surface area contributed by atoms with E-state index < -0.39 is 5.97 Å². The van der Waals surface area contributed by atoms with Crippen molar-refractivity contribution in [3.8, 4) is 0 Å².